The van der Waals surface area contributed by atoms with E-state index in [0.717, 1.165) is 12.0 Å². The highest BCUT2D eigenvalue weighted by atomic mass is 16.5. The summed E-state index contributed by atoms with van der Waals surface area (Å²) >= 11 is 0. The fourth-order valence-corrected chi connectivity index (χ4v) is 2.04. The van der Waals surface area contributed by atoms with Gasteiger partial charge in [-0.05, 0) is 25.5 Å². The molecule has 1 aromatic rings. The SMILES string of the molecule is CCCOCCN1C(=O)C(=O)c2cc(C)ccc21. The first-order chi connectivity index (χ1) is 8.65. The molecule has 2 rings (SSSR count). The van der Waals surface area contributed by atoms with Gasteiger partial charge in [0.2, 0.25) is 0 Å². The van der Waals surface area contributed by atoms with Crippen LogP contribution in [0, 0.1) is 6.92 Å². The molecule has 1 aliphatic heterocycles. The van der Waals surface area contributed by atoms with Crippen LogP contribution in [0.1, 0.15) is 29.3 Å². The van der Waals surface area contributed by atoms with Crippen LogP contribution >= 0.6 is 0 Å². The fourth-order valence-electron chi connectivity index (χ4n) is 2.04. The van der Waals surface area contributed by atoms with Gasteiger partial charge in [0.25, 0.3) is 11.7 Å². The number of hydrogen-bond acceptors (Lipinski definition) is 3. The van der Waals surface area contributed by atoms with Crippen LogP contribution in [-0.2, 0) is 9.53 Å². The average Bonchev–Trinajstić information content (AvgIpc) is 2.59. The number of rotatable bonds is 5. The topological polar surface area (TPSA) is 46.6 Å². The quantitative estimate of drug-likeness (QED) is 0.590. The average molecular weight is 247 g/mol. The Morgan fingerprint density at radius 1 is 1.22 bits per heavy atom. The Morgan fingerprint density at radius 2 is 2.00 bits per heavy atom. The maximum absolute atomic E-state index is 11.9. The van der Waals surface area contributed by atoms with Crippen LogP contribution in [0.5, 0.6) is 0 Å². The highest BCUT2D eigenvalue weighted by Crippen LogP contribution is 2.29. The molecule has 0 saturated heterocycles. The molecule has 0 unspecified atom stereocenters. The summed E-state index contributed by atoms with van der Waals surface area (Å²) in [6.45, 7) is 5.51. The van der Waals surface area contributed by atoms with Gasteiger partial charge in [0.15, 0.2) is 0 Å². The van der Waals surface area contributed by atoms with E-state index in [1.807, 2.05) is 26.0 Å². The molecule has 0 aliphatic carbocycles. The van der Waals surface area contributed by atoms with Gasteiger partial charge in [0.1, 0.15) is 0 Å². The van der Waals surface area contributed by atoms with Crippen LogP contribution in [0.4, 0.5) is 5.69 Å². The van der Waals surface area contributed by atoms with E-state index < -0.39 is 11.7 Å². The van der Waals surface area contributed by atoms with Gasteiger partial charge >= 0.3 is 0 Å². The van der Waals surface area contributed by atoms with E-state index in [4.69, 9.17) is 4.74 Å². The van der Waals surface area contributed by atoms with Crippen molar-refractivity contribution in [2.75, 3.05) is 24.7 Å². The number of anilines is 1. The van der Waals surface area contributed by atoms with Gasteiger partial charge < -0.3 is 9.64 Å². The molecule has 0 saturated carbocycles. The van der Waals surface area contributed by atoms with Crippen LogP contribution in [0.2, 0.25) is 0 Å². The number of fused-ring (bicyclic) bond motifs is 1. The normalized spacial score (nSPS) is 14.2. The van der Waals surface area contributed by atoms with Crippen LogP contribution < -0.4 is 4.90 Å². The Labute approximate surface area is 107 Å². The van der Waals surface area contributed by atoms with Crippen LogP contribution in [0.25, 0.3) is 0 Å². The summed E-state index contributed by atoms with van der Waals surface area (Å²) < 4.78 is 5.36. The molecule has 0 radical (unpaired) electrons. The minimum Gasteiger partial charge on any atom is -0.380 e. The molecule has 0 atom stereocenters. The summed E-state index contributed by atoms with van der Waals surface area (Å²) in [6.07, 6.45) is 0.947. The van der Waals surface area contributed by atoms with Crippen molar-refractivity contribution in [2.45, 2.75) is 20.3 Å². The lowest BCUT2D eigenvalue weighted by atomic mass is 10.1. The van der Waals surface area contributed by atoms with Crippen molar-refractivity contribution in [1.82, 2.24) is 0 Å². The second-order valence-corrected chi connectivity index (χ2v) is 4.42. The molecule has 0 spiro atoms. The van der Waals surface area contributed by atoms with Gasteiger partial charge in [-0.2, -0.15) is 0 Å². The predicted molar refractivity (Wildman–Crippen MR) is 69.0 cm³/mol. The zero-order valence-electron chi connectivity index (χ0n) is 10.7. The molecule has 0 N–H and O–H groups in total. The van der Waals surface area contributed by atoms with Crippen molar-refractivity contribution in [1.29, 1.82) is 0 Å². The molecule has 4 nitrogen and oxygen atoms in total. The number of aryl methyl sites for hydroxylation is 1. The van der Waals surface area contributed by atoms with Crippen LogP contribution in [-0.4, -0.2) is 31.4 Å². The zero-order valence-corrected chi connectivity index (χ0v) is 10.7. The Balaban J connectivity index is 2.13. The van der Waals surface area contributed by atoms with E-state index in [1.165, 1.54) is 4.90 Å². The van der Waals surface area contributed by atoms with Crippen molar-refractivity contribution in [3.8, 4) is 0 Å². The summed E-state index contributed by atoms with van der Waals surface area (Å²) in [5.41, 5.74) is 2.20. The summed E-state index contributed by atoms with van der Waals surface area (Å²) in [5, 5.41) is 0. The number of Topliss-reactive ketones (excluding diaryl/α,β-unsaturated/α-hetero) is 1. The van der Waals surface area contributed by atoms with E-state index >= 15 is 0 Å². The number of carbonyl (C=O) groups is 2. The number of amides is 1. The fraction of sp³-hybridized carbons (Fsp3) is 0.429. The molecule has 1 aromatic carbocycles. The predicted octanol–water partition coefficient (Wildman–Crippen LogP) is 1.95. The molecule has 1 amide bonds. The van der Waals surface area contributed by atoms with E-state index in [0.29, 0.717) is 31.0 Å². The number of hydrogen-bond donors (Lipinski definition) is 0. The summed E-state index contributed by atoms with van der Waals surface area (Å²) in [6, 6.07) is 5.50. The van der Waals surface area contributed by atoms with Gasteiger partial charge in [0, 0.05) is 13.2 Å². The highest BCUT2D eigenvalue weighted by molar-refractivity contribution is 6.52. The first-order valence-electron chi connectivity index (χ1n) is 6.19. The standard InChI is InChI=1S/C14H17NO3/c1-3-7-18-8-6-15-12-5-4-10(2)9-11(12)13(16)14(15)17/h4-5,9H,3,6-8H2,1-2H3. The Hall–Kier alpha value is -1.68. The summed E-state index contributed by atoms with van der Waals surface area (Å²) in [5.74, 6) is -0.861. The van der Waals surface area contributed by atoms with Crippen LogP contribution in [0.3, 0.4) is 0 Å². The molecule has 4 heteroatoms. The van der Waals surface area contributed by atoms with Crippen molar-refractivity contribution < 1.29 is 14.3 Å². The Bertz CT molecular complexity index is 482. The van der Waals surface area contributed by atoms with Gasteiger partial charge in [-0.1, -0.05) is 18.6 Å². The van der Waals surface area contributed by atoms with Gasteiger partial charge in [0.05, 0.1) is 17.9 Å². The Morgan fingerprint density at radius 3 is 2.72 bits per heavy atom. The van der Waals surface area contributed by atoms with Gasteiger partial charge in [-0.3, -0.25) is 9.59 Å². The lowest BCUT2D eigenvalue weighted by Gasteiger charge is -2.16. The first kappa shape index (κ1) is 12.8. The van der Waals surface area contributed by atoms with E-state index in [2.05, 4.69) is 0 Å². The minimum absolute atomic E-state index is 0.413. The molecule has 0 aromatic heterocycles. The lowest BCUT2D eigenvalue weighted by Crippen LogP contribution is -2.32. The second kappa shape index (κ2) is 5.31. The third-order valence-corrected chi connectivity index (χ3v) is 2.93. The third-order valence-electron chi connectivity index (χ3n) is 2.93. The largest absolute Gasteiger partial charge is 0.380 e. The van der Waals surface area contributed by atoms with E-state index in [9.17, 15) is 9.59 Å². The van der Waals surface area contributed by atoms with Crippen molar-refractivity contribution in [3.05, 3.63) is 29.3 Å². The molecule has 0 bridgehead atoms. The first-order valence-corrected chi connectivity index (χ1v) is 6.19. The third kappa shape index (κ3) is 2.29. The second-order valence-electron chi connectivity index (χ2n) is 4.42. The minimum atomic E-state index is -0.448. The van der Waals surface area contributed by atoms with Crippen molar-refractivity contribution >= 4 is 17.4 Å². The summed E-state index contributed by atoms with van der Waals surface area (Å²) in [4.78, 5) is 25.2. The van der Waals surface area contributed by atoms with Crippen molar-refractivity contribution in [2.24, 2.45) is 0 Å². The van der Waals surface area contributed by atoms with Crippen molar-refractivity contribution in [3.63, 3.8) is 0 Å². The maximum atomic E-state index is 11.9. The molecular weight excluding hydrogens is 230 g/mol. The molecule has 1 heterocycles. The van der Waals surface area contributed by atoms with E-state index in [-0.39, 0.29) is 0 Å². The van der Waals surface area contributed by atoms with E-state index in [1.54, 1.807) is 6.07 Å². The lowest BCUT2D eigenvalue weighted by molar-refractivity contribution is -0.114. The monoisotopic (exact) mass is 247 g/mol. The number of benzene rings is 1. The van der Waals surface area contributed by atoms with Gasteiger partial charge in [-0.25, -0.2) is 0 Å². The smallest absolute Gasteiger partial charge is 0.299 e. The molecule has 0 fully saturated rings. The number of carbonyl (C=O) groups excluding carboxylic acids is 2. The molecule has 96 valence electrons. The number of ether oxygens (including phenoxy) is 1. The number of nitrogens with zero attached hydrogens (tertiary/aromatic N) is 1. The zero-order chi connectivity index (χ0) is 13.1. The Kier molecular flexibility index (Phi) is 3.77. The highest BCUT2D eigenvalue weighted by Gasteiger charge is 2.35. The van der Waals surface area contributed by atoms with Crippen LogP contribution in [0.15, 0.2) is 18.2 Å². The van der Waals surface area contributed by atoms with Gasteiger partial charge in [-0.15, -0.1) is 0 Å². The molecule has 1 aliphatic rings. The number of ketones is 1. The summed E-state index contributed by atoms with van der Waals surface area (Å²) in [7, 11) is 0. The molecular formula is C14H17NO3. The molecule has 18 heavy (non-hydrogen) atoms. The maximum Gasteiger partial charge on any atom is 0.299 e.